The second kappa shape index (κ2) is 7.01. The van der Waals surface area contributed by atoms with Gasteiger partial charge in [0.15, 0.2) is 0 Å². The van der Waals surface area contributed by atoms with Crippen molar-refractivity contribution >= 4 is 23.3 Å². The third kappa shape index (κ3) is 4.75. The summed E-state index contributed by atoms with van der Waals surface area (Å²) < 4.78 is 5.05. The maximum Gasteiger partial charge on any atom is 0.227 e. The van der Waals surface area contributed by atoms with Gasteiger partial charge in [-0.3, -0.25) is 9.59 Å². The summed E-state index contributed by atoms with van der Waals surface area (Å²) in [7, 11) is 1.56. The van der Waals surface area contributed by atoms with Crippen molar-refractivity contribution in [3.05, 3.63) is 28.8 Å². The van der Waals surface area contributed by atoms with Crippen molar-refractivity contribution in [2.45, 2.75) is 19.8 Å². The first-order valence-electron chi connectivity index (χ1n) is 5.61. The minimum atomic E-state index is -0.248. The molecule has 0 unspecified atom stereocenters. The number of ketones is 1. The van der Waals surface area contributed by atoms with E-state index in [0.717, 1.165) is 5.56 Å². The van der Waals surface area contributed by atoms with Crippen molar-refractivity contribution in [1.29, 1.82) is 0 Å². The molecule has 18 heavy (non-hydrogen) atoms. The lowest BCUT2D eigenvalue weighted by Gasteiger charge is -2.07. The Kier molecular flexibility index (Phi) is 5.65. The number of methoxy groups -OCH3 is 1. The number of nitrogens with one attached hydrogen (secondary N) is 1. The van der Waals surface area contributed by atoms with Crippen LogP contribution in [0.2, 0.25) is 5.02 Å². The van der Waals surface area contributed by atoms with E-state index >= 15 is 0 Å². The van der Waals surface area contributed by atoms with E-state index < -0.39 is 0 Å². The summed E-state index contributed by atoms with van der Waals surface area (Å²) in [5.74, 6) is 0.239. The lowest BCUT2D eigenvalue weighted by molar-refractivity contribution is -0.127. The molecule has 0 aliphatic heterocycles. The number of amides is 1. The van der Waals surface area contributed by atoms with Crippen molar-refractivity contribution in [3.8, 4) is 5.75 Å². The van der Waals surface area contributed by atoms with Gasteiger partial charge < -0.3 is 10.1 Å². The Morgan fingerprint density at radius 1 is 1.39 bits per heavy atom. The lowest BCUT2D eigenvalue weighted by Crippen LogP contribution is -2.27. The largest absolute Gasteiger partial charge is 0.495 e. The number of benzene rings is 1. The molecule has 0 aliphatic rings. The van der Waals surface area contributed by atoms with Gasteiger partial charge in [-0.25, -0.2) is 0 Å². The van der Waals surface area contributed by atoms with Crippen LogP contribution in [0.15, 0.2) is 18.2 Å². The standard InChI is InChI=1S/C13H16ClNO3/c1-9(16)7-13(17)15-6-5-10-3-4-12(18-2)11(14)8-10/h3-4,8H,5-7H2,1-2H3,(H,15,17). The maximum absolute atomic E-state index is 11.2. The molecule has 1 aromatic rings. The van der Waals surface area contributed by atoms with Crippen LogP contribution in [0.5, 0.6) is 5.75 Å². The fourth-order valence-corrected chi connectivity index (χ4v) is 1.78. The zero-order valence-corrected chi connectivity index (χ0v) is 11.2. The highest BCUT2D eigenvalue weighted by molar-refractivity contribution is 6.32. The van der Waals surface area contributed by atoms with Crippen LogP contribution >= 0.6 is 11.6 Å². The molecule has 0 atom stereocenters. The topological polar surface area (TPSA) is 55.4 Å². The number of hydrogen-bond acceptors (Lipinski definition) is 3. The van der Waals surface area contributed by atoms with Gasteiger partial charge in [-0.1, -0.05) is 17.7 Å². The molecule has 0 heterocycles. The third-order valence-electron chi connectivity index (χ3n) is 2.36. The van der Waals surface area contributed by atoms with Crippen molar-refractivity contribution < 1.29 is 14.3 Å². The highest BCUT2D eigenvalue weighted by Gasteiger charge is 2.05. The van der Waals surface area contributed by atoms with Gasteiger partial charge in [0.2, 0.25) is 5.91 Å². The molecule has 0 aromatic heterocycles. The Hall–Kier alpha value is -1.55. The van der Waals surface area contributed by atoms with Crippen LogP contribution < -0.4 is 10.1 Å². The van der Waals surface area contributed by atoms with E-state index in [0.29, 0.717) is 23.7 Å². The SMILES string of the molecule is COc1ccc(CCNC(=O)CC(C)=O)cc1Cl. The van der Waals surface area contributed by atoms with Gasteiger partial charge >= 0.3 is 0 Å². The van der Waals surface area contributed by atoms with E-state index in [1.807, 2.05) is 6.07 Å². The number of Topliss-reactive ketones (excluding diaryl/α,β-unsaturated/α-hetero) is 1. The summed E-state index contributed by atoms with van der Waals surface area (Å²) in [6, 6.07) is 5.48. The fraction of sp³-hybridized carbons (Fsp3) is 0.385. The van der Waals surface area contributed by atoms with Crippen molar-refractivity contribution in [1.82, 2.24) is 5.32 Å². The van der Waals surface area contributed by atoms with Gasteiger partial charge in [0, 0.05) is 6.54 Å². The van der Waals surface area contributed by atoms with Crippen molar-refractivity contribution in [3.63, 3.8) is 0 Å². The third-order valence-corrected chi connectivity index (χ3v) is 2.66. The molecular formula is C13H16ClNO3. The summed E-state index contributed by atoms with van der Waals surface area (Å²) in [6.07, 6.45) is 0.594. The monoisotopic (exact) mass is 269 g/mol. The smallest absolute Gasteiger partial charge is 0.227 e. The molecule has 0 aliphatic carbocycles. The fourth-order valence-electron chi connectivity index (χ4n) is 1.50. The molecule has 0 fully saturated rings. The molecule has 1 amide bonds. The number of hydrogen-bond donors (Lipinski definition) is 1. The Balaban J connectivity index is 2.42. The van der Waals surface area contributed by atoms with E-state index in [4.69, 9.17) is 16.3 Å². The molecule has 0 spiro atoms. The van der Waals surface area contributed by atoms with E-state index in [1.165, 1.54) is 6.92 Å². The molecule has 1 aromatic carbocycles. The quantitative estimate of drug-likeness (QED) is 0.804. The number of halogens is 1. The average Bonchev–Trinajstić information content (AvgIpc) is 2.28. The Bertz CT molecular complexity index is 446. The van der Waals surface area contributed by atoms with Crippen LogP contribution in [-0.2, 0) is 16.0 Å². The highest BCUT2D eigenvalue weighted by atomic mass is 35.5. The number of rotatable bonds is 6. The van der Waals surface area contributed by atoms with Crippen LogP contribution in [0.25, 0.3) is 0 Å². The Labute approximate surface area is 111 Å². The van der Waals surface area contributed by atoms with E-state index in [9.17, 15) is 9.59 Å². The summed E-state index contributed by atoms with van der Waals surface area (Å²) in [6.45, 7) is 1.87. The second-order valence-corrected chi connectivity index (χ2v) is 4.35. The zero-order chi connectivity index (χ0) is 13.5. The first kappa shape index (κ1) is 14.5. The number of ether oxygens (including phenoxy) is 1. The van der Waals surface area contributed by atoms with Gasteiger partial charge in [-0.15, -0.1) is 0 Å². The Morgan fingerprint density at radius 2 is 2.11 bits per heavy atom. The van der Waals surface area contributed by atoms with Gasteiger partial charge in [-0.2, -0.15) is 0 Å². The summed E-state index contributed by atoms with van der Waals surface area (Å²) in [5.41, 5.74) is 1.00. The predicted molar refractivity (Wildman–Crippen MR) is 70.0 cm³/mol. The number of carbonyl (C=O) groups is 2. The maximum atomic E-state index is 11.2. The lowest BCUT2D eigenvalue weighted by atomic mass is 10.1. The second-order valence-electron chi connectivity index (χ2n) is 3.95. The summed E-state index contributed by atoms with van der Waals surface area (Å²) in [5, 5.41) is 3.22. The first-order chi connectivity index (χ1) is 8.52. The van der Waals surface area contributed by atoms with Gasteiger partial charge in [-0.05, 0) is 31.0 Å². The van der Waals surface area contributed by atoms with Crippen LogP contribution in [0, 0.1) is 0 Å². The molecule has 0 radical (unpaired) electrons. The van der Waals surface area contributed by atoms with Crippen molar-refractivity contribution in [2.75, 3.05) is 13.7 Å². The van der Waals surface area contributed by atoms with Crippen LogP contribution in [0.4, 0.5) is 0 Å². The van der Waals surface area contributed by atoms with Crippen LogP contribution in [0.1, 0.15) is 18.9 Å². The molecule has 0 saturated carbocycles. The van der Waals surface area contributed by atoms with Crippen LogP contribution in [0.3, 0.4) is 0 Å². The normalized spacial score (nSPS) is 9.94. The molecule has 1 N–H and O–H groups in total. The molecule has 0 saturated heterocycles. The highest BCUT2D eigenvalue weighted by Crippen LogP contribution is 2.24. The molecule has 4 nitrogen and oxygen atoms in total. The Morgan fingerprint density at radius 3 is 2.67 bits per heavy atom. The zero-order valence-electron chi connectivity index (χ0n) is 10.5. The summed E-state index contributed by atoms with van der Waals surface area (Å²) >= 11 is 5.98. The summed E-state index contributed by atoms with van der Waals surface area (Å²) in [4.78, 5) is 21.9. The van der Waals surface area contributed by atoms with Crippen LogP contribution in [-0.4, -0.2) is 25.3 Å². The molecular weight excluding hydrogens is 254 g/mol. The average molecular weight is 270 g/mol. The first-order valence-corrected chi connectivity index (χ1v) is 5.99. The van der Waals surface area contributed by atoms with E-state index in [2.05, 4.69) is 5.32 Å². The molecule has 1 rings (SSSR count). The molecule has 98 valence electrons. The van der Waals surface area contributed by atoms with Crippen molar-refractivity contribution in [2.24, 2.45) is 0 Å². The predicted octanol–water partition coefficient (Wildman–Crippen LogP) is 1.99. The van der Waals surface area contributed by atoms with Gasteiger partial charge in [0.1, 0.15) is 11.5 Å². The minimum Gasteiger partial charge on any atom is -0.495 e. The van der Waals surface area contributed by atoms with Gasteiger partial charge in [0.25, 0.3) is 0 Å². The number of carbonyl (C=O) groups excluding carboxylic acids is 2. The molecule has 5 heteroatoms. The van der Waals surface area contributed by atoms with E-state index in [-0.39, 0.29) is 18.1 Å². The molecule has 0 bridgehead atoms. The van der Waals surface area contributed by atoms with Gasteiger partial charge in [0.05, 0.1) is 18.6 Å². The minimum absolute atomic E-state index is 0.0661. The van der Waals surface area contributed by atoms with E-state index in [1.54, 1.807) is 19.2 Å².